The summed E-state index contributed by atoms with van der Waals surface area (Å²) in [6.45, 7) is 2.05. The molecular formula is C15H17N3O2S. The van der Waals surface area contributed by atoms with Gasteiger partial charge in [-0.05, 0) is 18.6 Å². The van der Waals surface area contributed by atoms with Gasteiger partial charge in [-0.15, -0.1) is 11.3 Å². The van der Waals surface area contributed by atoms with Crippen LogP contribution in [0.4, 0.5) is 5.69 Å². The Morgan fingerprint density at radius 2 is 2.33 bits per heavy atom. The van der Waals surface area contributed by atoms with Gasteiger partial charge in [0.2, 0.25) is 0 Å². The van der Waals surface area contributed by atoms with Crippen molar-refractivity contribution >= 4 is 22.9 Å². The third-order valence-electron chi connectivity index (χ3n) is 2.77. The number of carbonyl (C=O) groups is 1. The molecule has 0 aliphatic heterocycles. The largest absolute Gasteiger partial charge is 0.395 e. The fourth-order valence-electron chi connectivity index (χ4n) is 1.82. The van der Waals surface area contributed by atoms with E-state index in [0.717, 1.165) is 22.7 Å². The fraction of sp³-hybridized carbons (Fsp3) is 0.333. The van der Waals surface area contributed by atoms with Crippen LogP contribution in [-0.4, -0.2) is 27.4 Å². The van der Waals surface area contributed by atoms with E-state index in [-0.39, 0.29) is 12.5 Å². The van der Waals surface area contributed by atoms with Crippen molar-refractivity contribution in [1.82, 2.24) is 9.78 Å². The number of carbonyl (C=O) groups excluding carboxylic acids is 1. The summed E-state index contributed by atoms with van der Waals surface area (Å²) in [6, 6.07) is 3.57. The Morgan fingerprint density at radius 1 is 1.52 bits per heavy atom. The van der Waals surface area contributed by atoms with E-state index in [9.17, 15) is 4.79 Å². The van der Waals surface area contributed by atoms with Gasteiger partial charge in [0, 0.05) is 19.7 Å². The molecule has 0 saturated heterocycles. The molecular weight excluding hydrogens is 286 g/mol. The van der Waals surface area contributed by atoms with Crippen molar-refractivity contribution in [3.63, 3.8) is 0 Å². The molecule has 0 aromatic carbocycles. The number of amides is 1. The maximum Gasteiger partial charge on any atom is 0.265 e. The van der Waals surface area contributed by atoms with Gasteiger partial charge in [-0.3, -0.25) is 9.48 Å². The Kier molecular flexibility index (Phi) is 5.14. The topological polar surface area (TPSA) is 67.2 Å². The van der Waals surface area contributed by atoms with Crippen LogP contribution >= 0.6 is 11.3 Å². The first-order chi connectivity index (χ1) is 10.1. The first-order valence-electron chi connectivity index (χ1n) is 6.67. The molecule has 2 N–H and O–H groups in total. The van der Waals surface area contributed by atoms with Gasteiger partial charge in [0.05, 0.1) is 27.7 Å². The summed E-state index contributed by atoms with van der Waals surface area (Å²) in [7, 11) is 1.83. The lowest BCUT2D eigenvalue weighted by Gasteiger charge is -2.01. The maximum absolute atomic E-state index is 12.2. The van der Waals surface area contributed by atoms with Crippen LogP contribution in [0.5, 0.6) is 0 Å². The third-order valence-corrected chi connectivity index (χ3v) is 3.77. The maximum atomic E-state index is 12.2. The van der Waals surface area contributed by atoms with Crippen molar-refractivity contribution in [2.75, 3.05) is 11.9 Å². The molecule has 5 nitrogen and oxygen atoms in total. The zero-order chi connectivity index (χ0) is 15.2. The number of aliphatic hydroxyl groups is 1. The number of hydrogen-bond donors (Lipinski definition) is 2. The Hall–Kier alpha value is -2.10. The molecule has 1 amide bonds. The SMILES string of the molecule is CCc1nn(C)cc1NC(=O)c1ccc(C#CCCO)s1. The van der Waals surface area contributed by atoms with Crippen molar-refractivity contribution in [2.24, 2.45) is 7.05 Å². The molecule has 2 heterocycles. The molecule has 2 aromatic heterocycles. The third kappa shape index (κ3) is 3.94. The molecule has 0 fully saturated rings. The number of aryl methyl sites for hydroxylation is 2. The first kappa shape index (κ1) is 15.3. The number of nitrogens with zero attached hydrogens (tertiary/aromatic N) is 2. The number of hydrogen-bond acceptors (Lipinski definition) is 4. The van der Waals surface area contributed by atoms with Crippen LogP contribution < -0.4 is 5.32 Å². The molecule has 0 unspecified atom stereocenters. The molecule has 21 heavy (non-hydrogen) atoms. The van der Waals surface area contributed by atoms with E-state index in [0.29, 0.717) is 11.3 Å². The molecule has 0 atom stereocenters. The van der Waals surface area contributed by atoms with Crippen LogP contribution in [-0.2, 0) is 13.5 Å². The van der Waals surface area contributed by atoms with E-state index in [2.05, 4.69) is 22.3 Å². The number of anilines is 1. The molecule has 0 radical (unpaired) electrons. The molecule has 2 rings (SSSR count). The van der Waals surface area contributed by atoms with Crippen molar-refractivity contribution in [3.8, 4) is 11.8 Å². The molecule has 2 aromatic rings. The number of nitrogens with one attached hydrogen (secondary N) is 1. The highest BCUT2D eigenvalue weighted by molar-refractivity contribution is 7.14. The average molecular weight is 303 g/mol. The van der Waals surface area contributed by atoms with Crippen LogP contribution in [0.1, 0.15) is 33.6 Å². The molecule has 0 spiro atoms. The van der Waals surface area contributed by atoms with E-state index in [1.54, 1.807) is 16.9 Å². The second-order valence-electron chi connectivity index (χ2n) is 4.41. The predicted octanol–water partition coefficient (Wildman–Crippen LogP) is 2.03. The van der Waals surface area contributed by atoms with Gasteiger partial charge >= 0.3 is 0 Å². The highest BCUT2D eigenvalue weighted by atomic mass is 32.1. The van der Waals surface area contributed by atoms with Gasteiger partial charge in [0.15, 0.2) is 0 Å². The average Bonchev–Trinajstić information content (AvgIpc) is 3.06. The van der Waals surface area contributed by atoms with Crippen LogP contribution in [0.2, 0.25) is 0 Å². The summed E-state index contributed by atoms with van der Waals surface area (Å²) >= 11 is 1.34. The number of aromatic nitrogens is 2. The lowest BCUT2D eigenvalue weighted by molar-refractivity contribution is 0.103. The smallest absolute Gasteiger partial charge is 0.265 e. The summed E-state index contributed by atoms with van der Waals surface area (Å²) < 4.78 is 1.69. The van der Waals surface area contributed by atoms with E-state index in [4.69, 9.17) is 5.11 Å². The normalized spacial score (nSPS) is 10.0. The monoisotopic (exact) mass is 303 g/mol. The highest BCUT2D eigenvalue weighted by Crippen LogP contribution is 2.19. The molecule has 6 heteroatoms. The van der Waals surface area contributed by atoms with Crippen molar-refractivity contribution in [2.45, 2.75) is 19.8 Å². The molecule has 0 saturated carbocycles. The summed E-state index contributed by atoms with van der Waals surface area (Å²) in [5.41, 5.74) is 1.61. The molecule has 110 valence electrons. The summed E-state index contributed by atoms with van der Waals surface area (Å²) in [4.78, 5) is 13.6. The van der Waals surface area contributed by atoms with Crippen molar-refractivity contribution in [3.05, 3.63) is 33.8 Å². The fourth-order valence-corrected chi connectivity index (χ4v) is 2.59. The summed E-state index contributed by atoms with van der Waals surface area (Å²) in [5.74, 6) is 5.61. The number of rotatable bonds is 4. The Labute approximate surface area is 127 Å². The standard InChI is InChI=1S/C15H17N3O2S/c1-3-12-13(10-18(2)17-12)16-15(20)14-8-7-11(21-14)6-4-5-9-19/h7-8,10,19H,3,5,9H2,1-2H3,(H,16,20). The Balaban J connectivity index is 2.09. The first-order valence-corrected chi connectivity index (χ1v) is 7.49. The summed E-state index contributed by atoms with van der Waals surface area (Å²) in [5, 5.41) is 15.9. The van der Waals surface area contributed by atoms with Crippen LogP contribution in [0.25, 0.3) is 0 Å². The van der Waals surface area contributed by atoms with Crippen molar-refractivity contribution in [1.29, 1.82) is 0 Å². The second kappa shape index (κ2) is 7.07. The van der Waals surface area contributed by atoms with Gasteiger partial charge in [-0.25, -0.2) is 0 Å². The van der Waals surface area contributed by atoms with Gasteiger partial charge < -0.3 is 10.4 Å². The van der Waals surface area contributed by atoms with E-state index in [1.807, 2.05) is 20.0 Å². The Morgan fingerprint density at radius 3 is 3.05 bits per heavy atom. The van der Waals surface area contributed by atoms with Gasteiger partial charge in [0.1, 0.15) is 0 Å². The molecule has 0 bridgehead atoms. The van der Waals surface area contributed by atoms with Gasteiger partial charge in [-0.2, -0.15) is 5.10 Å². The zero-order valence-corrected chi connectivity index (χ0v) is 12.8. The lowest BCUT2D eigenvalue weighted by Crippen LogP contribution is -2.10. The minimum Gasteiger partial charge on any atom is -0.395 e. The van der Waals surface area contributed by atoms with Crippen LogP contribution in [0.3, 0.4) is 0 Å². The van der Waals surface area contributed by atoms with Gasteiger partial charge in [-0.1, -0.05) is 18.8 Å². The zero-order valence-electron chi connectivity index (χ0n) is 12.0. The highest BCUT2D eigenvalue weighted by Gasteiger charge is 2.13. The summed E-state index contributed by atoms with van der Waals surface area (Å²) in [6.07, 6.45) is 3.00. The predicted molar refractivity (Wildman–Crippen MR) is 83.4 cm³/mol. The van der Waals surface area contributed by atoms with Crippen molar-refractivity contribution < 1.29 is 9.90 Å². The van der Waals surface area contributed by atoms with E-state index < -0.39 is 0 Å². The van der Waals surface area contributed by atoms with Crippen LogP contribution in [0, 0.1) is 11.8 Å². The molecule has 0 aliphatic rings. The minimum atomic E-state index is -0.155. The minimum absolute atomic E-state index is 0.0481. The number of aliphatic hydroxyl groups excluding tert-OH is 1. The Bertz CT molecular complexity index is 691. The lowest BCUT2D eigenvalue weighted by atomic mass is 10.3. The van der Waals surface area contributed by atoms with Crippen LogP contribution in [0.15, 0.2) is 18.3 Å². The van der Waals surface area contributed by atoms with E-state index in [1.165, 1.54) is 11.3 Å². The van der Waals surface area contributed by atoms with Gasteiger partial charge in [0.25, 0.3) is 5.91 Å². The molecule has 0 aliphatic carbocycles. The number of thiophene rings is 1. The second-order valence-corrected chi connectivity index (χ2v) is 5.49. The quantitative estimate of drug-likeness (QED) is 0.849. The van der Waals surface area contributed by atoms with E-state index >= 15 is 0 Å².